The topological polar surface area (TPSA) is 32.7 Å². The van der Waals surface area contributed by atoms with Crippen LogP contribution in [0.1, 0.15) is 18.1 Å². The van der Waals surface area contributed by atoms with Gasteiger partial charge in [-0.2, -0.15) is 0 Å². The Morgan fingerprint density at radius 1 is 1.08 bits per heavy atom. The average Bonchev–Trinajstić information content (AvgIpc) is 2.60. The fourth-order valence-electron chi connectivity index (χ4n) is 2.82. The zero-order valence-corrected chi connectivity index (χ0v) is 14.5. The van der Waals surface area contributed by atoms with E-state index in [4.69, 9.17) is 16.3 Å². The van der Waals surface area contributed by atoms with Crippen LogP contribution in [0.2, 0.25) is 5.02 Å². The van der Waals surface area contributed by atoms with Gasteiger partial charge >= 0.3 is 0 Å². The average molecular weight is 342 g/mol. The second-order valence-electron chi connectivity index (χ2n) is 5.95. The zero-order chi connectivity index (χ0) is 17.2. The molecule has 1 aliphatic heterocycles. The van der Waals surface area contributed by atoms with Gasteiger partial charge in [-0.05, 0) is 48.3 Å². The van der Waals surface area contributed by atoms with Crippen molar-refractivity contribution in [3.05, 3.63) is 88.6 Å². The molecular weight excluding hydrogens is 322 g/mol. The molecule has 0 bridgehead atoms. The molecule has 124 valence electrons. The number of methoxy groups -OCH3 is 1. The van der Waals surface area contributed by atoms with E-state index >= 15 is 0 Å². The Balaban J connectivity index is 2.00. The summed E-state index contributed by atoms with van der Waals surface area (Å²) in [6.07, 6.45) is 4.45. The van der Waals surface area contributed by atoms with Gasteiger partial charge in [0, 0.05) is 23.9 Å². The Bertz CT molecular complexity index is 768. The van der Waals surface area contributed by atoms with Crippen molar-refractivity contribution in [2.75, 3.05) is 7.11 Å². The van der Waals surface area contributed by atoms with Crippen LogP contribution in [-0.2, 0) is 11.2 Å². The monoisotopic (exact) mass is 341 g/mol. The molecule has 1 unspecified atom stereocenters. The number of hydrogen-bond donors (Lipinski definition) is 1. The first-order valence-corrected chi connectivity index (χ1v) is 8.17. The summed E-state index contributed by atoms with van der Waals surface area (Å²) in [5.74, 6) is 0. The highest BCUT2D eigenvalue weighted by molar-refractivity contribution is 6.30. The summed E-state index contributed by atoms with van der Waals surface area (Å²) in [5.41, 5.74) is 3.15. The second-order valence-corrected chi connectivity index (χ2v) is 6.39. The highest BCUT2D eigenvalue weighted by Crippen LogP contribution is 2.35. The molecule has 2 aromatic carbocycles. The highest BCUT2D eigenvalue weighted by atomic mass is 35.5. The molecule has 0 radical (unpaired) electrons. The van der Waals surface area contributed by atoms with Gasteiger partial charge < -0.3 is 4.74 Å². The van der Waals surface area contributed by atoms with Gasteiger partial charge in [0.05, 0.1) is 0 Å². The molecule has 24 heavy (non-hydrogen) atoms. The number of hydroxylamine groups is 2. The van der Waals surface area contributed by atoms with E-state index in [0.29, 0.717) is 11.4 Å². The number of benzene rings is 2. The minimum absolute atomic E-state index is 0.686. The molecule has 2 aromatic rings. The third-order valence-corrected chi connectivity index (χ3v) is 4.69. The second kappa shape index (κ2) is 6.81. The summed E-state index contributed by atoms with van der Waals surface area (Å²) in [6.45, 7) is 1.86. The van der Waals surface area contributed by atoms with E-state index < -0.39 is 5.72 Å². The lowest BCUT2D eigenvalue weighted by molar-refractivity contribution is -0.216. The Labute approximate surface area is 147 Å². The van der Waals surface area contributed by atoms with Crippen LogP contribution >= 0.6 is 11.6 Å². The van der Waals surface area contributed by atoms with Crippen LogP contribution in [0.15, 0.2) is 72.4 Å². The number of nitrogens with zero attached hydrogens (tertiary/aromatic N) is 1. The maximum absolute atomic E-state index is 10.5. The van der Waals surface area contributed by atoms with Crippen LogP contribution in [0.3, 0.4) is 0 Å². The van der Waals surface area contributed by atoms with E-state index in [1.165, 1.54) is 0 Å². The van der Waals surface area contributed by atoms with Crippen molar-refractivity contribution in [3.63, 3.8) is 0 Å². The standard InChI is InChI=1S/C20H20ClNO2/c1-20(24-2)18(12-15-6-4-3-5-7-15)13-17(14-22(20)23)16-8-10-19(21)11-9-16/h3-11,13-14,23H,12H2,1-2H3. The third kappa shape index (κ3) is 3.24. The van der Waals surface area contributed by atoms with Crippen LogP contribution in [0.5, 0.6) is 0 Å². The predicted molar refractivity (Wildman–Crippen MR) is 96.7 cm³/mol. The van der Waals surface area contributed by atoms with E-state index in [1.54, 1.807) is 13.3 Å². The molecule has 0 saturated heterocycles. The van der Waals surface area contributed by atoms with Crippen LogP contribution in [0.25, 0.3) is 5.57 Å². The molecule has 0 aliphatic carbocycles. The summed E-state index contributed by atoms with van der Waals surface area (Å²) in [7, 11) is 1.60. The molecule has 0 spiro atoms. The molecule has 1 heterocycles. The fourth-order valence-corrected chi connectivity index (χ4v) is 2.94. The highest BCUT2D eigenvalue weighted by Gasteiger charge is 2.37. The van der Waals surface area contributed by atoms with Crippen molar-refractivity contribution in [1.29, 1.82) is 0 Å². The van der Waals surface area contributed by atoms with Gasteiger partial charge in [0.25, 0.3) is 0 Å². The number of hydrogen-bond acceptors (Lipinski definition) is 3. The van der Waals surface area contributed by atoms with Crippen molar-refractivity contribution in [3.8, 4) is 0 Å². The van der Waals surface area contributed by atoms with Crippen molar-refractivity contribution < 1.29 is 9.94 Å². The minimum Gasteiger partial charge on any atom is -0.353 e. The molecular formula is C20H20ClNO2. The van der Waals surface area contributed by atoms with E-state index in [2.05, 4.69) is 18.2 Å². The number of halogens is 1. The van der Waals surface area contributed by atoms with Crippen LogP contribution in [-0.4, -0.2) is 23.1 Å². The summed E-state index contributed by atoms with van der Waals surface area (Å²) in [6, 6.07) is 17.7. The number of ether oxygens (including phenoxy) is 1. The maximum Gasteiger partial charge on any atom is 0.183 e. The first-order chi connectivity index (χ1) is 11.5. The lowest BCUT2D eigenvalue weighted by Gasteiger charge is -2.40. The van der Waals surface area contributed by atoms with Gasteiger partial charge in [0.2, 0.25) is 0 Å². The summed E-state index contributed by atoms with van der Waals surface area (Å²) < 4.78 is 5.62. The summed E-state index contributed by atoms with van der Waals surface area (Å²) in [4.78, 5) is 0. The van der Waals surface area contributed by atoms with Crippen LogP contribution < -0.4 is 0 Å². The van der Waals surface area contributed by atoms with E-state index in [1.807, 2.05) is 49.4 Å². The molecule has 0 amide bonds. The summed E-state index contributed by atoms with van der Waals surface area (Å²) in [5, 5.41) is 12.3. The van der Waals surface area contributed by atoms with Gasteiger partial charge in [-0.3, -0.25) is 5.21 Å². The third-order valence-electron chi connectivity index (χ3n) is 4.44. The SMILES string of the molecule is COC1(C)C(Cc2ccccc2)=CC(c2ccc(Cl)cc2)=CN1O. The van der Waals surface area contributed by atoms with Crippen LogP contribution in [0, 0.1) is 0 Å². The smallest absolute Gasteiger partial charge is 0.183 e. The summed E-state index contributed by atoms with van der Waals surface area (Å²) >= 11 is 5.97. The van der Waals surface area contributed by atoms with E-state index in [9.17, 15) is 5.21 Å². The quantitative estimate of drug-likeness (QED) is 0.857. The van der Waals surface area contributed by atoms with Gasteiger partial charge in [-0.15, -0.1) is 0 Å². The zero-order valence-electron chi connectivity index (χ0n) is 13.7. The van der Waals surface area contributed by atoms with Gasteiger partial charge in [-0.1, -0.05) is 54.1 Å². The molecule has 1 N–H and O–H groups in total. The Morgan fingerprint density at radius 2 is 1.75 bits per heavy atom. The molecule has 0 aromatic heterocycles. The lowest BCUT2D eigenvalue weighted by Crippen LogP contribution is -2.46. The molecule has 4 heteroatoms. The van der Waals surface area contributed by atoms with Gasteiger partial charge in [0.1, 0.15) is 0 Å². The van der Waals surface area contributed by atoms with Crippen LogP contribution in [0.4, 0.5) is 0 Å². The largest absolute Gasteiger partial charge is 0.353 e. The molecule has 1 atom stereocenters. The van der Waals surface area contributed by atoms with Crippen molar-refractivity contribution in [2.45, 2.75) is 19.1 Å². The lowest BCUT2D eigenvalue weighted by atomic mass is 9.90. The van der Waals surface area contributed by atoms with E-state index in [0.717, 1.165) is 27.3 Å². The molecule has 0 fully saturated rings. The van der Waals surface area contributed by atoms with E-state index in [-0.39, 0.29) is 0 Å². The number of allylic oxidation sites excluding steroid dienone is 2. The fraction of sp³-hybridized carbons (Fsp3) is 0.200. The van der Waals surface area contributed by atoms with Gasteiger partial charge in [0.15, 0.2) is 5.72 Å². The number of rotatable bonds is 4. The molecule has 1 aliphatic rings. The maximum atomic E-state index is 10.5. The normalized spacial score (nSPS) is 20.6. The molecule has 0 saturated carbocycles. The first kappa shape index (κ1) is 16.8. The molecule has 3 nitrogen and oxygen atoms in total. The Morgan fingerprint density at radius 3 is 2.38 bits per heavy atom. The Hall–Kier alpha value is -2.07. The van der Waals surface area contributed by atoms with Crippen molar-refractivity contribution in [1.82, 2.24) is 5.06 Å². The minimum atomic E-state index is -0.897. The predicted octanol–water partition coefficient (Wildman–Crippen LogP) is 4.92. The van der Waals surface area contributed by atoms with Crippen molar-refractivity contribution >= 4 is 17.2 Å². The van der Waals surface area contributed by atoms with Gasteiger partial charge in [-0.25, -0.2) is 5.06 Å². The molecule has 3 rings (SSSR count). The Kier molecular flexibility index (Phi) is 4.76. The first-order valence-electron chi connectivity index (χ1n) is 7.79. The van der Waals surface area contributed by atoms with Crippen molar-refractivity contribution in [2.24, 2.45) is 0 Å².